The van der Waals surface area contributed by atoms with Gasteiger partial charge < -0.3 is 20.3 Å². The second kappa shape index (κ2) is 10.1. The molecule has 0 aliphatic carbocycles. The number of methoxy groups -OCH3 is 1. The van der Waals surface area contributed by atoms with Gasteiger partial charge >= 0.3 is 11.9 Å². The van der Waals surface area contributed by atoms with E-state index < -0.39 is 17.9 Å². The van der Waals surface area contributed by atoms with Gasteiger partial charge in [-0.15, -0.1) is 0 Å². The lowest BCUT2D eigenvalue weighted by Gasteiger charge is -2.16. The maximum Gasteiger partial charge on any atom is 0.320 e. The van der Waals surface area contributed by atoms with E-state index in [1.165, 1.54) is 0 Å². The summed E-state index contributed by atoms with van der Waals surface area (Å²) < 4.78 is 12.4. The minimum atomic E-state index is -1.05. The van der Waals surface area contributed by atoms with E-state index in [0.717, 1.165) is 34.8 Å². The van der Waals surface area contributed by atoms with Gasteiger partial charge in [-0.05, 0) is 105 Å². The zero-order valence-electron chi connectivity index (χ0n) is 16.9. The van der Waals surface area contributed by atoms with E-state index in [1.54, 1.807) is 19.2 Å². The highest BCUT2D eigenvalue weighted by Gasteiger charge is 2.22. The summed E-state index contributed by atoms with van der Waals surface area (Å²) in [5, 5.41) is 11.1. The number of fused-ring (bicyclic) bond motifs is 1. The van der Waals surface area contributed by atoms with E-state index in [9.17, 15) is 9.59 Å². The Hall–Kier alpha value is -1.92. The van der Waals surface area contributed by atoms with Crippen LogP contribution in [0.15, 0.2) is 48.5 Å². The number of benzene rings is 3. The average Bonchev–Trinajstić information content (AvgIpc) is 2.74. The molecule has 0 aromatic heterocycles. The number of carboxylic acids is 1. The number of nitrogens with two attached hydrogens (primary N) is 1. The first-order valence-corrected chi connectivity index (χ1v) is 11.6. The summed E-state index contributed by atoms with van der Waals surface area (Å²) in [6, 6.07) is 14.3. The third-order valence-corrected chi connectivity index (χ3v) is 6.56. The molecule has 0 amide bonds. The van der Waals surface area contributed by atoms with E-state index in [0.29, 0.717) is 5.75 Å². The number of ether oxygens (including phenoxy) is 2. The van der Waals surface area contributed by atoms with Crippen molar-refractivity contribution in [2.75, 3.05) is 7.11 Å². The molecule has 3 rings (SSSR count). The Morgan fingerprint density at radius 1 is 1.03 bits per heavy atom. The summed E-state index contributed by atoms with van der Waals surface area (Å²) in [4.78, 5) is 23.9. The minimum Gasteiger partial charge on any atom is -0.497 e. The predicted molar refractivity (Wildman–Crippen MR) is 136 cm³/mol. The quantitative estimate of drug-likeness (QED) is 0.219. The van der Waals surface area contributed by atoms with Gasteiger partial charge in [0.2, 0.25) is 0 Å². The zero-order valence-corrected chi connectivity index (χ0v) is 21.2. The summed E-state index contributed by atoms with van der Waals surface area (Å²) in [7, 11) is 1.63. The van der Waals surface area contributed by atoms with Crippen LogP contribution in [0, 0.1) is 7.14 Å². The zero-order chi connectivity index (χ0) is 22.7. The lowest BCUT2D eigenvalue weighted by Crippen LogP contribution is -2.32. The first-order valence-electron chi connectivity index (χ1n) is 9.45. The van der Waals surface area contributed by atoms with E-state index in [1.807, 2.05) is 43.3 Å². The monoisotopic (exact) mass is 645 g/mol. The van der Waals surface area contributed by atoms with E-state index in [4.69, 9.17) is 20.3 Å². The first kappa shape index (κ1) is 23.7. The van der Waals surface area contributed by atoms with Crippen LogP contribution in [0.3, 0.4) is 0 Å². The second-order valence-electron chi connectivity index (χ2n) is 7.15. The molecule has 8 heteroatoms. The Balaban J connectivity index is 1.79. The summed E-state index contributed by atoms with van der Waals surface area (Å²) in [5.74, 6) is -0.624. The molecular weight excluding hydrogens is 624 g/mol. The largest absolute Gasteiger partial charge is 0.497 e. The lowest BCUT2D eigenvalue weighted by molar-refractivity contribution is -0.138. The highest BCUT2D eigenvalue weighted by molar-refractivity contribution is 14.1. The topological polar surface area (TPSA) is 98.9 Å². The standard InChI is InChI=1S/C23H21I2NO5/c1-12(14-3-4-16-11-17(30-2)6-5-15(16)10-14)23(29)31-21-18(24)7-13(8-19(21)25)9-20(26)22(27)28/h3-8,10-12,20H,9,26H2,1-2H3,(H,27,28)/t12-,20-/m0/s1. The predicted octanol–water partition coefficient (Wildman–Crippen LogP) is 4.72. The van der Waals surface area contributed by atoms with Gasteiger partial charge in [-0.1, -0.05) is 24.3 Å². The fourth-order valence-corrected chi connectivity index (χ4v) is 5.25. The molecule has 0 bridgehead atoms. The third-order valence-electron chi connectivity index (χ3n) is 4.96. The van der Waals surface area contributed by atoms with Crippen molar-refractivity contribution in [3.8, 4) is 11.5 Å². The highest BCUT2D eigenvalue weighted by Crippen LogP contribution is 2.32. The number of esters is 1. The Kier molecular flexibility index (Phi) is 7.76. The third kappa shape index (κ3) is 5.66. The Morgan fingerprint density at radius 2 is 1.65 bits per heavy atom. The van der Waals surface area contributed by atoms with Crippen molar-refractivity contribution in [2.45, 2.75) is 25.3 Å². The van der Waals surface area contributed by atoms with Crippen LogP contribution in [0.4, 0.5) is 0 Å². The first-order chi connectivity index (χ1) is 14.7. The Bertz CT molecular complexity index is 1130. The normalized spacial score (nSPS) is 12.9. The number of hydrogen-bond donors (Lipinski definition) is 2. The highest BCUT2D eigenvalue weighted by atomic mass is 127. The molecule has 0 saturated heterocycles. The van der Waals surface area contributed by atoms with E-state index >= 15 is 0 Å². The van der Waals surface area contributed by atoms with Gasteiger partial charge in [-0.25, -0.2) is 0 Å². The molecule has 3 aromatic rings. The molecule has 0 fully saturated rings. The number of rotatable bonds is 7. The van der Waals surface area contributed by atoms with Crippen LogP contribution in [-0.2, 0) is 16.0 Å². The minimum absolute atomic E-state index is 0.202. The van der Waals surface area contributed by atoms with Gasteiger partial charge in [-0.2, -0.15) is 0 Å². The second-order valence-corrected chi connectivity index (χ2v) is 9.48. The molecule has 0 heterocycles. The molecule has 0 aliphatic heterocycles. The average molecular weight is 645 g/mol. The number of carboxylic acid groups (broad SMARTS) is 1. The number of carbonyl (C=O) groups excluding carboxylic acids is 1. The van der Waals surface area contributed by atoms with Gasteiger partial charge in [-0.3, -0.25) is 9.59 Å². The van der Waals surface area contributed by atoms with Crippen molar-refractivity contribution in [2.24, 2.45) is 5.73 Å². The summed E-state index contributed by atoms with van der Waals surface area (Å²) in [6.07, 6.45) is 0.202. The molecular formula is C23H21I2NO5. The van der Waals surface area contributed by atoms with E-state index in [2.05, 4.69) is 45.2 Å². The number of hydrogen-bond acceptors (Lipinski definition) is 5. The summed E-state index contributed by atoms with van der Waals surface area (Å²) in [6.45, 7) is 1.81. The van der Waals surface area contributed by atoms with Crippen LogP contribution in [0.1, 0.15) is 24.0 Å². The fraction of sp³-hybridized carbons (Fsp3) is 0.217. The van der Waals surface area contributed by atoms with Gasteiger partial charge in [0.1, 0.15) is 11.8 Å². The molecule has 31 heavy (non-hydrogen) atoms. The van der Waals surface area contributed by atoms with Crippen LogP contribution in [0.5, 0.6) is 11.5 Å². The fourth-order valence-electron chi connectivity index (χ4n) is 3.13. The van der Waals surface area contributed by atoms with Gasteiger partial charge in [0.15, 0.2) is 5.75 Å². The molecule has 162 valence electrons. The van der Waals surface area contributed by atoms with Crippen molar-refractivity contribution in [1.82, 2.24) is 0 Å². The molecule has 0 saturated carbocycles. The van der Waals surface area contributed by atoms with Crippen LogP contribution in [-0.4, -0.2) is 30.2 Å². The number of carbonyl (C=O) groups is 2. The molecule has 3 aromatic carbocycles. The smallest absolute Gasteiger partial charge is 0.320 e. The van der Waals surface area contributed by atoms with Crippen molar-refractivity contribution in [3.63, 3.8) is 0 Å². The molecule has 3 N–H and O–H groups in total. The SMILES string of the molecule is COc1ccc2cc([C@H](C)C(=O)Oc3c(I)cc(C[C@H](N)C(=O)O)cc3I)ccc2c1. The summed E-state index contributed by atoms with van der Waals surface area (Å²) >= 11 is 4.17. The summed E-state index contributed by atoms with van der Waals surface area (Å²) in [5.41, 5.74) is 7.27. The van der Waals surface area contributed by atoms with Gasteiger partial charge in [0.05, 0.1) is 20.2 Å². The van der Waals surface area contributed by atoms with Crippen LogP contribution in [0.25, 0.3) is 10.8 Å². The number of aliphatic carboxylic acids is 1. The van der Waals surface area contributed by atoms with Crippen LogP contribution >= 0.6 is 45.2 Å². The number of halogens is 2. The molecule has 6 nitrogen and oxygen atoms in total. The Morgan fingerprint density at radius 3 is 2.26 bits per heavy atom. The molecule has 0 radical (unpaired) electrons. The lowest BCUT2D eigenvalue weighted by atomic mass is 9.98. The van der Waals surface area contributed by atoms with Crippen molar-refractivity contribution in [3.05, 3.63) is 66.8 Å². The van der Waals surface area contributed by atoms with Gasteiger partial charge in [0.25, 0.3) is 0 Å². The maximum atomic E-state index is 12.9. The van der Waals surface area contributed by atoms with Crippen LogP contribution < -0.4 is 15.2 Å². The Labute approximate surface area is 207 Å². The maximum absolute atomic E-state index is 12.9. The van der Waals surface area contributed by atoms with Crippen molar-refractivity contribution < 1.29 is 24.2 Å². The van der Waals surface area contributed by atoms with Crippen LogP contribution in [0.2, 0.25) is 0 Å². The molecule has 0 unspecified atom stereocenters. The molecule has 0 aliphatic rings. The molecule has 0 spiro atoms. The molecule has 2 atom stereocenters. The van der Waals surface area contributed by atoms with Crippen molar-refractivity contribution in [1.29, 1.82) is 0 Å². The van der Waals surface area contributed by atoms with Crippen molar-refractivity contribution >= 4 is 67.9 Å². The van der Waals surface area contributed by atoms with E-state index in [-0.39, 0.29) is 12.4 Å². The van der Waals surface area contributed by atoms with Gasteiger partial charge in [0, 0.05) is 0 Å².